The molecule has 0 aromatic carbocycles. The second-order valence-corrected chi connectivity index (χ2v) is 8.53. The highest BCUT2D eigenvalue weighted by Gasteiger charge is 2.50. The Kier molecular flexibility index (Phi) is 5.13. The number of piperidine rings is 2. The molecule has 0 spiro atoms. The monoisotopic (exact) mass is 360 g/mol. The van der Waals surface area contributed by atoms with Crippen molar-refractivity contribution in [2.24, 2.45) is 13.0 Å². The average molecular weight is 361 g/mol. The summed E-state index contributed by atoms with van der Waals surface area (Å²) in [4.78, 5) is 29.5. The fourth-order valence-electron chi connectivity index (χ4n) is 4.84. The van der Waals surface area contributed by atoms with E-state index in [1.165, 1.54) is 0 Å². The minimum absolute atomic E-state index is 0.0487. The van der Waals surface area contributed by atoms with Gasteiger partial charge in [-0.1, -0.05) is 13.8 Å². The first-order valence-electron chi connectivity index (χ1n) is 9.86. The molecule has 6 heteroatoms. The van der Waals surface area contributed by atoms with Crippen molar-refractivity contribution >= 4 is 11.8 Å². The van der Waals surface area contributed by atoms with E-state index in [-0.39, 0.29) is 23.4 Å². The van der Waals surface area contributed by atoms with Crippen LogP contribution in [0.2, 0.25) is 0 Å². The molecule has 1 aromatic heterocycles. The maximum atomic E-state index is 13.4. The topological polar surface area (TPSA) is 58.4 Å². The van der Waals surface area contributed by atoms with Gasteiger partial charge in [-0.25, -0.2) is 0 Å². The van der Waals surface area contributed by atoms with Crippen LogP contribution in [0, 0.1) is 5.92 Å². The molecule has 0 unspecified atom stereocenters. The van der Waals surface area contributed by atoms with Crippen LogP contribution in [0.25, 0.3) is 0 Å². The van der Waals surface area contributed by atoms with E-state index in [1.54, 1.807) is 11.6 Å². The third-order valence-corrected chi connectivity index (χ3v) is 6.07. The molecule has 2 atom stereocenters. The van der Waals surface area contributed by atoms with E-state index in [4.69, 9.17) is 0 Å². The highest BCUT2D eigenvalue weighted by atomic mass is 16.2. The number of rotatable bonds is 3. The van der Waals surface area contributed by atoms with Crippen LogP contribution in [0.4, 0.5) is 0 Å². The summed E-state index contributed by atoms with van der Waals surface area (Å²) >= 11 is 0. The number of likely N-dealkylation sites (tertiary alicyclic amines) is 2. The maximum Gasteiger partial charge on any atom is 0.272 e. The van der Waals surface area contributed by atoms with Crippen molar-refractivity contribution in [1.29, 1.82) is 0 Å². The van der Waals surface area contributed by atoms with Crippen LogP contribution in [-0.2, 0) is 18.3 Å². The van der Waals surface area contributed by atoms with Gasteiger partial charge in [-0.15, -0.1) is 0 Å². The zero-order valence-corrected chi connectivity index (χ0v) is 16.8. The molecule has 2 saturated heterocycles. The number of nitrogens with zero attached hydrogens (tertiary/aromatic N) is 4. The number of amides is 2. The van der Waals surface area contributed by atoms with Crippen LogP contribution in [0.1, 0.15) is 69.6 Å². The molecule has 2 amide bonds. The number of aromatic nitrogens is 2. The number of carbonyl (C=O) groups is 2. The first kappa shape index (κ1) is 18.9. The van der Waals surface area contributed by atoms with Crippen molar-refractivity contribution in [1.82, 2.24) is 19.6 Å². The molecule has 0 bridgehead atoms. The molecule has 3 heterocycles. The van der Waals surface area contributed by atoms with Crippen molar-refractivity contribution < 1.29 is 9.59 Å². The fourth-order valence-corrected chi connectivity index (χ4v) is 4.84. The van der Waals surface area contributed by atoms with Crippen LogP contribution in [0.5, 0.6) is 0 Å². The van der Waals surface area contributed by atoms with Gasteiger partial charge in [-0.05, 0) is 51.0 Å². The molecule has 0 aliphatic carbocycles. The fraction of sp³-hybridized carbons (Fsp3) is 0.750. The van der Waals surface area contributed by atoms with Gasteiger partial charge >= 0.3 is 0 Å². The second-order valence-electron chi connectivity index (χ2n) is 8.53. The molecule has 6 nitrogen and oxygen atoms in total. The summed E-state index contributed by atoms with van der Waals surface area (Å²) in [6, 6.07) is 2.07. The zero-order chi connectivity index (χ0) is 19.1. The Morgan fingerprint density at radius 1 is 1.31 bits per heavy atom. The highest BCUT2D eigenvalue weighted by molar-refractivity contribution is 5.93. The van der Waals surface area contributed by atoms with Crippen LogP contribution >= 0.6 is 0 Å². The molecule has 0 radical (unpaired) electrons. The van der Waals surface area contributed by atoms with Gasteiger partial charge in [0.25, 0.3) is 5.91 Å². The van der Waals surface area contributed by atoms with Gasteiger partial charge in [0.1, 0.15) is 5.69 Å². The number of fused-ring (bicyclic) bond motifs is 1. The lowest BCUT2D eigenvalue weighted by molar-refractivity contribution is -0.140. The molecule has 26 heavy (non-hydrogen) atoms. The van der Waals surface area contributed by atoms with Crippen LogP contribution in [0.15, 0.2) is 6.07 Å². The Morgan fingerprint density at radius 3 is 2.69 bits per heavy atom. The molecule has 144 valence electrons. The van der Waals surface area contributed by atoms with E-state index in [0.717, 1.165) is 50.9 Å². The van der Waals surface area contributed by atoms with Crippen molar-refractivity contribution in [3.63, 3.8) is 0 Å². The number of aryl methyl sites for hydroxylation is 1. The molecule has 2 aliphatic heterocycles. The van der Waals surface area contributed by atoms with E-state index in [1.807, 2.05) is 22.9 Å². The number of carbonyl (C=O) groups excluding carboxylic acids is 2. The van der Waals surface area contributed by atoms with Gasteiger partial charge < -0.3 is 9.80 Å². The lowest BCUT2D eigenvalue weighted by Crippen LogP contribution is -2.68. The molecular weight excluding hydrogens is 328 g/mol. The first-order valence-corrected chi connectivity index (χ1v) is 9.86. The molecule has 3 rings (SSSR count). The molecular formula is C20H32N4O2. The predicted molar refractivity (Wildman–Crippen MR) is 101 cm³/mol. The summed E-state index contributed by atoms with van der Waals surface area (Å²) in [5, 5.41) is 4.54. The van der Waals surface area contributed by atoms with Gasteiger partial charge in [0, 0.05) is 27.1 Å². The summed E-state index contributed by atoms with van der Waals surface area (Å²) < 4.78 is 1.72. The Bertz CT molecular complexity index is 696. The van der Waals surface area contributed by atoms with E-state index < -0.39 is 0 Å². The second kappa shape index (κ2) is 7.05. The van der Waals surface area contributed by atoms with Gasteiger partial charge in [0.05, 0.1) is 17.3 Å². The summed E-state index contributed by atoms with van der Waals surface area (Å²) in [5.41, 5.74) is 1.34. The lowest BCUT2D eigenvalue weighted by Gasteiger charge is -2.56. The van der Waals surface area contributed by atoms with Gasteiger partial charge in [0.15, 0.2) is 0 Å². The van der Waals surface area contributed by atoms with Crippen LogP contribution < -0.4 is 0 Å². The standard InChI is InChI=1S/C20H32N4O2/c1-14(2)12-16-13-17(22(5)21-16)19(26)24-11-6-8-18-20(24,4)9-7-10-23(18)15(3)25/h13-14,18H,6-12H2,1-5H3/t18-,20-/m0/s1. The molecule has 2 aliphatic rings. The Hall–Kier alpha value is -1.85. The minimum atomic E-state index is -0.290. The van der Waals surface area contributed by atoms with E-state index >= 15 is 0 Å². The maximum absolute atomic E-state index is 13.4. The number of hydrogen-bond acceptors (Lipinski definition) is 3. The highest BCUT2D eigenvalue weighted by Crippen LogP contribution is 2.39. The van der Waals surface area contributed by atoms with Crippen molar-refractivity contribution in [2.75, 3.05) is 13.1 Å². The van der Waals surface area contributed by atoms with Crippen molar-refractivity contribution in [3.05, 3.63) is 17.5 Å². The van der Waals surface area contributed by atoms with Crippen LogP contribution in [0.3, 0.4) is 0 Å². The third-order valence-electron chi connectivity index (χ3n) is 6.07. The number of hydrogen-bond donors (Lipinski definition) is 0. The Morgan fingerprint density at radius 2 is 2.04 bits per heavy atom. The largest absolute Gasteiger partial charge is 0.338 e. The summed E-state index contributed by atoms with van der Waals surface area (Å²) in [7, 11) is 1.85. The molecule has 2 fully saturated rings. The normalized spacial score (nSPS) is 26.2. The summed E-state index contributed by atoms with van der Waals surface area (Å²) in [6.45, 7) is 9.68. The van der Waals surface area contributed by atoms with Gasteiger partial charge in [-0.3, -0.25) is 14.3 Å². The van der Waals surface area contributed by atoms with Crippen molar-refractivity contribution in [3.8, 4) is 0 Å². The van der Waals surface area contributed by atoms with E-state index in [0.29, 0.717) is 11.6 Å². The Labute approximate surface area is 156 Å². The van der Waals surface area contributed by atoms with Gasteiger partial charge in [-0.2, -0.15) is 5.10 Å². The quantitative estimate of drug-likeness (QED) is 0.832. The summed E-state index contributed by atoms with van der Waals surface area (Å²) in [6.07, 6.45) is 4.68. The molecule has 1 aromatic rings. The summed E-state index contributed by atoms with van der Waals surface area (Å²) in [5.74, 6) is 0.676. The first-order chi connectivity index (χ1) is 12.2. The third kappa shape index (κ3) is 3.26. The zero-order valence-electron chi connectivity index (χ0n) is 16.8. The van der Waals surface area contributed by atoms with Gasteiger partial charge in [0.2, 0.25) is 5.91 Å². The van der Waals surface area contributed by atoms with E-state index in [9.17, 15) is 9.59 Å². The molecule has 0 N–H and O–H groups in total. The SMILES string of the molecule is CC(=O)N1CCC[C@@]2(C)[C@@H]1CCCN2C(=O)c1cc(CC(C)C)nn1C. The Balaban J connectivity index is 1.89. The smallest absolute Gasteiger partial charge is 0.272 e. The van der Waals surface area contributed by atoms with Crippen molar-refractivity contribution in [2.45, 2.75) is 71.4 Å². The average Bonchev–Trinajstić information content (AvgIpc) is 2.91. The minimum Gasteiger partial charge on any atom is -0.338 e. The molecule has 0 saturated carbocycles. The van der Waals surface area contributed by atoms with Crippen LogP contribution in [-0.4, -0.2) is 56.1 Å². The lowest BCUT2D eigenvalue weighted by atomic mass is 9.76. The predicted octanol–water partition coefficient (Wildman–Crippen LogP) is 2.62. The van der Waals surface area contributed by atoms with E-state index in [2.05, 4.69) is 25.9 Å².